The third-order valence-corrected chi connectivity index (χ3v) is 4.99. The SMILES string of the molecule is CCOC(=O)c1c(OC)cc(OC)cc1C(Nc1ccc(C(=N)NC(=O)OC(C)(C)C)cc1)C(=O)OCC. The van der Waals surface area contributed by atoms with Crippen LogP contribution in [0.15, 0.2) is 36.4 Å². The van der Waals surface area contributed by atoms with Gasteiger partial charge in [0.05, 0.1) is 27.4 Å². The number of carbonyl (C=O) groups excluding carboxylic acids is 3. The summed E-state index contributed by atoms with van der Waals surface area (Å²) in [6.07, 6.45) is -0.745. The Morgan fingerprint density at radius 3 is 2.11 bits per heavy atom. The van der Waals surface area contributed by atoms with Gasteiger partial charge in [0.25, 0.3) is 0 Å². The minimum Gasteiger partial charge on any atom is -0.497 e. The zero-order valence-electron chi connectivity index (χ0n) is 22.7. The fourth-order valence-corrected chi connectivity index (χ4v) is 3.41. The van der Waals surface area contributed by atoms with Gasteiger partial charge >= 0.3 is 18.0 Å². The first-order chi connectivity index (χ1) is 17.9. The average molecular weight is 530 g/mol. The number of amidine groups is 1. The first-order valence-corrected chi connectivity index (χ1v) is 12.0. The molecule has 1 amide bonds. The summed E-state index contributed by atoms with van der Waals surface area (Å²) in [5.41, 5.74) is 0.478. The van der Waals surface area contributed by atoms with Crippen LogP contribution in [0.2, 0.25) is 0 Å². The predicted octanol–water partition coefficient (Wildman–Crippen LogP) is 4.45. The molecule has 0 saturated heterocycles. The molecule has 1 atom stereocenters. The lowest BCUT2D eigenvalue weighted by Gasteiger charge is -2.23. The molecular formula is C27H35N3O8. The van der Waals surface area contributed by atoms with Crippen LogP contribution in [0.4, 0.5) is 10.5 Å². The van der Waals surface area contributed by atoms with E-state index in [9.17, 15) is 14.4 Å². The molecule has 2 aromatic carbocycles. The normalized spacial score (nSPS) is 11.6. The number of alkyl carbamates (subject to hydrolysis) is 1. The van der Waals surface area contributed by atoms with Crippen molar-refractivity contribution in [2.24, 2.45) is 0 Å². The van der Waals surface area contributed by atoms with Crippen LogP contribution in [0, 0.1) is 5.41 Å². The maximum atomic E-state index is 13.1. The molecule has 0 bridgehead atoms. The molecule has 0 aromatic heterocycles. The highest BCUT2D eigenvalue weighted by molar-refractivity contribution is 6.04. The van der Waals surface area contributed by atoms with Crippen molar-refractivity contribution in [2.75, 3.05) is 32.8 Å². The van der Waals surface area contributed by atoms with Crippen LogP contribution in [-0.4, -0.2) is 56.9 Å². The van der Waals surface area contributed by atoms with Gasteiger partial charge in [-0.25, -0.2) is 14.4 Å². The number of carbonyl (C=O) groups is 3. The topological polar surface area (TPSA) is 145 Å². The Morgan fingerprint density at radius 2 is 1.58 bits per heavy atom. The smallest absolute Gasteiger partial charge is 0.413 e. The average Bonchev–Trinajstić information content (AvgIpc) is 2.85. The highest BCUT2D eigenvalue weighted by Crippen LogP contribution is 2.35. The van der Waals surface area contributed by atoms with Crippen molar-refractivity contribution in [2.45, 2.75) is 46.3 Å². The summed E-state index contributed by atoms with van der Waals surface area (Å²) in [6, 6.07) is 8.34. The number of benzene rings is 2. The Labute approximate surface area is 222 Å². The summed E-state index contributed by atoms with van der Waals surface area (Å²) < 4.78 is 26.5. The predicted molar refractivity (Wildman–Crippen MR) is 141 cm³/mol. The van der Waals surface area contributed by atoms with Gasteiger partial charge in [-0.3, -0.25) is 10.7 Å². The molecule has 0 aliphatic carbocycles. The quantitative estimate of drug-likeness (QED) is 0.176. The lowest BCUT2D eigenvalue weighted by atomic mass is 9.98. The monoisotopic (exact) mass is 529 g/mol. The van der Waals surface area contributed by atoms with E-state index in [1.54, 1.807) is 58.9 Å². The fraction of sp³-hybridized carbons (Fsp3) is 0.407. The number of ether oxygens (including phenoxy) is 5. The molecule has 0 saturated carbocycles. The lowest BCUT2D eigenvalue weighted by molar-refractivity contribution is -0.144. The third kappa shape index (κ3) is 8.12. The van der Waals surface area contributed by atoms with E-state index in [1.807, 2.05) is 0 Å². The van der Waals surface area contributed by atoms with Gasteiger partial charge in [0.15, 0.2) is 6.04 Å². The second kappa shape index (κ2) is 13.3. The molecule has 206 valence electrons. The van der Waals surface area contributed by atoms with Crippen LogP contribution < -0.4 is 20.1 Å². The molecule has 11 heteroatoms. The van der Waals surface area contributed by atoms with Crippen LogP contribution in [0.1, 0.15) is 62.1 Å². The molecule has 2 rings (SSSR count). The van der Waals surface area contributed by atoms with Crippen molar-refractivity contribution in [1.29, 1.82) is 5.41 Å². The van der Waals surface area contributed by atoms with Crippen molar-refractivity contribution in [3.05, 3.63) is 53.1 Å². The highest BCUT2D eigenvalue weighted by atomic mass is 16.6. The van der Waals surface area contributed by atoms with Gasteiger partial charge in [-0.05, 0) is 65.0 Å². The second-order valence-corrected chi connectivity index (χ2v) is 8.92. The van der Waals surface area contributed by atoms with Gasteiger partial charge in [-0.1, -0.05) is 0 Å². The maximum absolute atomic E-state index is 13.1. The van der Waals surface area contributed by atoms with Gasteiger partial charge < -0.3 is 29.0 Å². The number of methoxy groups -OCH3 is 2. The number of hydrogen-bond acceptors (Lipinski definition) is 10. The molecule has 11 nitrogen and oxygen atoms in total. The second-order valence-electron chi connectivity index (χ2n) is 8.92. The van der Waals surface area contributed by atoms with Crippen molar-refractivity contribution in [3.8, 4) is 11.5 Å². The molecule has 1 unspecified atom stereocenters. The molecule has 0 fully saturated rings. The van der Waals surface area contributed by atoms with Gasteiger partial charge in [0.1, 0.15) is 28.5 Å². The van der Waals surface area contributed by atoms with Crippen LogP contribution in [0.25, 0.3) is 0 Å². The van der Waals surface area contributed by atoms with Crippen LogP contribution in [-0.2, 0) is 19.0 Å². The summed E-state index contributed by atoms with van der Waals surface area (Å²) >= 11 is 0. The Morgan fingerprint density at radius 1 is 0.947 bits per heavy atom. The van der Waals surface area contributed by atoms with Crippen LogP contribution in [0.5, 0.6) is 11.5 Å². The van der Waals surface area contributed by atoms with Crippen LogP contribution in [0.3, 0.4) is 0 Å². The van der Waals surface area contributed by atoms with Gasteiger partial charge in [-0.15, -0.1) is 0 Å². The van der Waals surface area contributed by atoms with E-state index in [0.717, 1.165) is 0 Å². The van der Waals surface area contributed by atoms with E-state index >= 15 is 0 Å². The Balaban J connectivity index is 2.43. The summed E-state index contributed by atoms with van der Waals surface area (Å²) in [5.74, 6) is -0.939. The third-order valence-electron chi connectivity index (χ3n) is 4.99. The minimum atomic E-state index is -1.14. The van der Waals surface area contributed by atoms with Crippen LogP contribution >= 0.6 is 0 Å². The fourth-order valence-electron chi connectivity index (χ4n) is 3.41. The number of hydrogen-bond donors (Lipinski definition) is 3. The number of nitrogens with one attached hydrogen (secondary N) is 3. The van der Waals surface area contributed by atoms with E-state index in [0.29, 0.717) is 17.0 Å². The van der Waals surface area contributed by atoms with Crippen molar-refractivity contribution in [3.63, 3.8) is 0 Å². The Bertz CT molecular complexity index is 1160. The first kappa shape index (κ1) is 29.9. The highest BCUT2D eigenvalue weighted by Gasteiger charge is 2.31. The van der Waals surface area contributed by atoms with E-state index in [4.69, 9.17) is 29.1 Å². The summed E-state index contributed by atoms with van der Waals surface area (Å²) in [4.78, 5) is 38.0. The number of rotatable bonds is 10. The van der Waals surface area contributed by atoms with Gasteiger partial charge in [0, 0.05) is 22.9 Å². The molecule has 38 heavy (non-hydrogen) atoms. The largest absolute Gasteiger partial charge is 0.497 e. The zero-order valence-corrected chi connectivity index (χ0v) is 22.7. The van der Waals surface area contributed by atoms with E-state index in [-0.39, 0.29) is 35.9 Å². The summed E-state index contributed by atoms with van der Waals surface area (Å²) in [5, 5.41) is 13.6. The Hall–Kier alpha value is -4.28. The lowest BCUT2D eigenvalue weighted by Crippen LogP contribution is -2.36. The number of esters is 2. The van der Waals surface area contributed by atoms with E-state index in [2.05, 4.69) is 10.6 Å². The van der Waals surface area contributed by atoms with Crippen molar-refractivity contribution in [1.82, 2.24) is 5.32 Å². The summed E-state index contributed by atoms with van der Waals surface area (Å²) in [7, 11) is 2.85. The van der Waals surface area contributed by atoms with E-state index in [1.165, 1.54) is 26.4 Å². The Kier molecular flexibility index (Phi) is 10.5. The van der Waals surface area contributed by atoms with Gasteiger partial charge in [-0.2, -0.15) is 0 Å². The standard InChI is InChI=1S/C27H35N3O8/c1-8-36-24(31)21-19(14-18(34-6)15-20(21)35-7)22(25(32)37-9-2)29-17-12-10-16(11-13-17)23(28)30-26(33)38-27(3,4)5/h10-15,22,29H,8-9H2,1-7H3,(H2,28,30,33). The molecule has 0 aliphatic rings. The van der Waals surface area contributed by atoms with E-state index < -0.39 is 29.7 Å². The number of amides is 1. The molecule has 2 aromatic rings. The summed E-state index contributed by atoms with van der Waals surface area (Å²) in [6.45, 7) is 8.75. The molecule has 0 heterocycles. The zero-order chi connectivity index (χ0) is 28.5. The minimum absolute atomic E-state index is 0.0562. The van der Waals surface area contributed by atoms with Crippen molar-refractivity contribution < 1.29 is 38.1 Å². The molecule has 0 aliphatic heterocycles. The molecule has 0 radical (unpaired) electrons. The molecule has 3 N–H and O–H groups in total. The molecular weight excluding hydrogens is 494 g/mol. The van der Waals surface area contributed by atoms with Crippen molar-refractivity contribution >= 4 is 29.6 Å². The number of anilines is 1. The maximum Gasteiger partial charge on any atom is 0.413 e. The van der Waals surface area contributed by atoms with Gasteiger partial charge in [0.2, 0.25) is 0 Å². The first-order valence-electron chi connectivity index (χ1n) is 12.0. The molecule has 0 spiro atoms.